The van der Waals surface area contributed by atoms with Crippen LogP contribution in [0.15, 0.2) is 29.4 Å². The summed E-state index contributed by atoms with van der Waals surface area (Å²) in [5.74, 6) is 0.756. The standard InChI is InChI=1S/C18H27N3O4/c1-18(2,3)25-17(22)21-11-9-20(10-12-21)13-16(19-23)14-5-7-15(24-4)8-6-14/h5-8,23H,9-13H2,1-4H3/b19-16-. The van der Waals surface area contributed by atoms with Crippen LogP contribution in [0.5, 0.6) is 5.75 Å². The van der Waals surface area contributed by atoms with Crippen molar-refractivity contribution in [3.63, 3.8) is 0 Å². The van der Waals surface area contributed by atoms with E-state index in [1.807, 2.05) is 45.0 Å². The highest BCUT2D eigenvalue weighted by atomic mass is 16.6. The molecular formula is C18H27N3O4. The molecule has 0 radical (unpaired) electrons. The van der Waals surface area contributed by atoms with Crippen molar-refractivity contribution < 1.29 is 19.5 Å². The maximum atomic E-state index is 12.1. The van der Waals surface area contributed by atoms with E-state index in [4.69, 9.17) is 9.47 Å². The van der Waals surface area contributed by atoms with Gasteiger partial charge in [0, 0.05) is 38.3 Å². The number of carbonyl (C=O) groups excluding carboxylic acids is 1. The van der Waals surface area contributed by atoms with Crippen LogP contribution in [0.25, 0.3) is 0 Å². The molecule has 25 heavy (non-hydrogen) atoms. The van der Waals surface area contributed by atoms with Gasteiger partial charge in [0.25, 0.3) is 0 Å². The first kappa shape index (κ1) is 19.1. The molecule has 0 saturated carbocycles. The van der Waals surface area contributed by atoms with Gasteiger partial charge in [-0.2, -0.15) is 0 Å². The van der Waals surface area contributed by atoms with Crippen molar-refractivity contribution in [2.45, 2.75) is 26.4 Å². The van der Waals surface area contributed by atoms with Crippen molar-refractivity contribution in [1.29, 1.82) is 0 Å². The molecule has 1 saturated heterocycles. The van der Waals surface area contributed by atoms with E-state index in [1.54, 1.807) is 12.0 Å². The molecule has 1 aromatic rings. The van der Waals surface area contributed by atoms with E-state index in [2.05, 4.69) is 10.1 Å². The Labute approximate surface area is 148 Å². The van der Waals surface area contributed by atoms with Gasteiger partial charge in [0.1, 0.15) is 17.1 Å². The summed E-state index contributed by atoms with van der Waals surface area (Å²) in [5.41, 5.74) is 0.950. The van der Waals surface area contributed by atoms with Gasteiger partial charge in [-0.05, 0) is 45.0 Å². The van der Waals surface area contributed by atoms with Gasteiger partial charge >= 0.3 is 6.09 Å². The van der Waals surface area contributed by atoms with E-state index in [1.165, 1.54) is 0 Å². The van der Waals surface area contributed by atoms with Crippen LogP contribution in [-0.4, -0.2) is 72.2 Å². The van der Waals surface area contributed by atoms with Crippen molar-refractivity contribution in [3.8, 4) is 5.75 Å². The summed E-state index contributed by atoms with van der Waals surface area (Å²) in [6.07, 6.45) is -0.279. The van der Waals surface area contributed by atoms with Crippen molar-refractivity contribution in [2.24, 2.45) is 5.16 Å². The van der Waals surface area contributed by atoms with Crippen LogP contribution in [0.1, 0.15) is 26.3 Å². The van der Waals surface area contributed by atoms with Crippen LogP contribution in [0.3, 0.4) is 0 Å². The number of benzene rings is 1. The van der Waals surface area contributed by atoms with Gasteiger partial charge in [0.15, 0.2) is 0 Å². The normalized spacial score (nSPS) is 16.6. The lowest BCUT2D eigenvalue weighted by molar-refractivity contribution is 0.0156. The lowest BCUT2D eigenvalue weighted by Gasteiger charge is -2.35. The zero-order valence-corrected chi connectivity index (χ0v) is 15.4. The van der Waals surface area contributed by atoms with Gasteiger partial charge in [-0.3, -0.25) is 4.90 Å². The number of hydrogen-bond donors (Lipinski definition) is 1. The quantitative estimate of drug-likeness (QED) is 0.513. The molecule has 138 valence electrons. The maximum Gasteiger partial charge on any atom is 0.410 e. The molecule has 1 amide bonds. The Morgan fingerprint density at radius 2 is 1.76 bits per heavy atom. The molecule has 0 atom stereocenters. The monoisotopic (exact) mass is 349 g/mol. The van der Waals surface area contributed by atoms with E-state index < -0.39 is 5.60 Å². The first-order chi connectivity index (χ1) is 11.8. The van der Waals surface area contributed by atoms with E-state index in [9.17, 15) is 10.0 Å². The van der Waals surface area contributed by atoms with E-state index in [0.717, 1.165) is 11.3 Å². The zero-order chi connectivity index (χ0) is 18.4. The Bertz CT molecular complexity index is 600. The fourth-order valence-electron chi connectivity index (χ4n) is 2.59. The fourth-order valence-corrected chi connectivity index (χ4v) is 2.59. The molecule has 7 heteroatoms. The smallest absolute Gasteiger partial charge is 0.410 e. The summed E-state index contributed by atoms with van der Waals surface area (Å²) >= 11 is 0. The minimum atomic E-state index is -0.487. The number of piperazine rings is 1. The molecule has 0 unspecified atom stereocenters. The maximum absolute atomic E-state index is 12.1. The minimum absolute atomic E-state index is 0.279. The SMILES string of the molecule is COc1ccc(/C(CN2CCN(C(=O)OC(C)(C)C)CC2)=N\O)cc1. The first-order valence-corrected chi connectivity index (χ1v) is 8.38. The minimum Gasteiger partial charge on any atom is -0.497 e. The molecule has 1 fully saturated rings. The third-order valence-corrected chi connectivity index (χ3v) is 3.94. The second kappa shape index (κ2) is 8.20. The molecule has 1 aromatic carbocycles. The second-order valence-corrected chi connectivity index (χ2v) is 7.02. The van der Waals surface area contributed by atoms with Gasteiger partial charge in [0.05, 0.1) is 7.11 Å². The predicted octanol–water partition coefficient (Wildman–Crippen LogP) is 2.43. The highest BCUT2D eigenvalue weighted by molar-refractivity contribution is 6.01. The van der Waals surface area contributed by atoms with Crippen LogP contribution in [0.4, 0.5) is 4.79 Å². The van der Waals surface area contributed by atoms with Gasteiger partial charge in [-0.1, -0.05) is 5.16 Å². The summed E-state index contributed by atoms with van der Waals surface area (Å²) in [6.45, 7) is 8.69. The summed E-state index contributed by atoms with van der Waals surface area (Å²) in [4.78, 5) is 16.0. The number of nitrogens with zero attached hydrogens (tertiary/aromatic N) is 3. The van der Waals surface area contributed by atoms with Crippen LogP contribution < -0.4 is 4.74 Å². The molecule has 0 aromatic heterocycles. The Morgan fingerprint density at radius 1 is 1.16 bits per heavy atom. The fraction of sp³-hybridized carbons (Fsp3) is 0.556. The van der Waals surface area contributed by atoms with Crippen molar-refractivity contribution >= 4 is 11.8 Å². The Hall–Kier alpha value is -2.28. The molecule has 2 rings (SSSR count). The zero-order valence-electron chi connectivity index (χ0n) is 15.4. The summed E-state index contributed by atoms with van der Waals surface area (Å²) in [6, 6.07) is 7.40. The van der Waals surface area contributed by atoms with Crippen LogP contribution in [0, 0.1) is 0 Å². The number of hydrogen-bond acceptors (Lipinski definition) is 6. The molecule has 0 spiro atoms. The summed E-state index contributed by atoms with van der Waals surface area (Å²) in [7, 11) is 1.61. The highest BCUT2D eigenvalue weighted by Crippen LogP contribution is 2.14. The van der Waals surface area contributed by atoms with Crippen LogP contribution >= 0.6 is 0 Å². The lowest BCUT2D eigenvalue weighted by Crippen LogP contribution is -2.51. The van der Waals surface area contributed by atoms with E-state index in [-0.39, 0.29) is 6.09 Å². The van der Waals surface area contributed by atoms with Crippen LogP contribution in [0.2, 0.25) is 0 Å². The average Bonchev–Trinajstić information content (AvgIpc) is 2.59. The van der Waals surface area contributed by atoms with Gasteiger partial charge in [0.2, 0.25) is 0 Å². The molecule has 1 heterocycles. The number of carbonyl (C=O) groups is 1. The predicted molar refractivity (Wildman–Crippen MR) is 95.6 cm³/mol. The highest BCUT2D eigenvalue weighted by Gasteiger charge is 2.26. The molecular weight excluding hydrogens is 322 g/mol. The van der Waals surface area contributed by atoms with Gasteiger partial charge in [-0.25, -0.2) is 4.79 Å². The topological polar surface area (TPSA) is 74.6 Å². The first-order valence-electron chi connectivity index (χ1n) is 8.38. The van der Waals surface area contributed by atoms with Gasteiger partial charge in [-0.15, -0.1) is 0 Å². The van der Waals surface area contributed by atoms with Crippen molar-refractivity contribution in [3.05, 3.63) is 29.8 Å². The van der Waals surface area contributed by atoms with Crippen LogP contribution in [-0.2, 0) is 4.74 Å². The molecule has 1 aliphatic rings. The average molecular weight is 349 g/mol. The Kier molecular flexibility index (Phi) is 6.25. The van der Waals surface area contributed by atoms with E-state index >= 15 is 0 Å². The third-order valence-electron chi connectivity index (χ3n) is 3.94. The molecule has 0 bridgehead atoms. The largest absolute Gasteiger partial charge is 0.497 e. The Balaban J connectivity index is 1.88. The number of oxime groups is 1. The van der Waals surface area contributed by atoms with Crippen molar-refractivity contribution in [1.82, 2.24) is 9.80 Å². The van der Waals surface area contributed by atoms with Crippen molar-refractivity contribution in [2.75, 3.05) is 39.8 Å². The lowest BCUT2D eigenvalue weighted by atomic mass is 10.1. The number of ether oxygens (including phenoxy) is 2. The second-order valence-electron chi connectivity index (χ2n) is 7.02. The number of rotatable bonds is 4. The summed E-state index contributed by atoms with van der Waals surface area (Å²) in [5, 5.41) is 12.8. The molecule has 1 N–H and O–H groups in total. The molecule has 7 nitrogen and oxygen atoms in total. The molecule has 0 aliphatic carbocycles. The molecule has 1 aliphatic heterocycles. The van der Waals surface area contributed by atoms with E-state index in [0.29, 0.717) is 38.4 Å². The third kappa shape index (κ3) is 5.63. The Morgan fingerprint density at radius 3 is 2.24 bits per heavy atom. The van der Waals surface area contributed by atoms with Gasteiger partial charge < -0.3 is 19.6 Å². The number of amides is 1. The summed E-state index contributed by atoms with van der Waals surface area (Å²) < 4.78 is 10.5. The number of methoxy groups -OCH3 is 1.